The molecule has 2 aromatic heterocycles. The SMILES string of the molecule is CC(=O)C(C)NCc1cnc2c(C(C)(C)C)nccc2c1. The average Bonchev–Trinajstić information content (AvgIpc) is 2.42. The van der Waals surface area contributed by atoms with E-state index in [1.807, 2.05) is 25.4 Å². The number of fused-ring (bicyclic) bond motifs is 1. The summed E-state index contributed by atoms with van der Waals surface area (Å²) in [5, 5.41) is 4.29. The van der Waals surface area contributed by atoms with Gasteiger partial charge in [0, 0.05) is 29.7 Å². The van der Waals surface area contributed by atoms with Crippen molar-refractivity contribution in [2.75, 3.05) is 0 Å². The molecule has 4 heteroatoms. The van der Waals surface area contributed by atoms with Crippen molar-refractivity contribution >= 4 is 16.7 Å². The lowest BCUT2D eigenvalue weighted by Crippen LogP contribution is -2.31. The monoisotopic (exact) mass is 285 g/mol. The third-order valence-corrected chi connectivity index (χ3v) is 3.59. The molecule has 2 heterocycles. The van der Waals surface area contributed by atoms with Crippen LogP contribution in [0.15, 0.2) is 24.5 Å². The van der Waals surface area contributed by atoms with Crippen molar-refractivity contribution in [3.05, 3.63) is 35.8 Å². The zero-order valence-electron chi connectivity index (χ0n) is 13.4. The third-order valence-electron chi connectivity index (χ3n) is 3.59. The van der Waals surface area contributed by atoms with Crippen LogP contribution in [0.4, 0.5) is 0 Å². The highest BCUT2D eigenvalue weighted by Crippen LogP contribution is 2.26. The van der Waals surface area contributed by atoms with Gasteiger partial charge >= 0.3 is 0 Å². The Bertz CT molecular complexity index is 659. The minimum Gasteiger partial charge on any atom is -0.304 e. The second-order valence-electron chi connectivity index (χ2n) is 6.54. The van der Waals surface area contributed by atoms with Crippen LogP contribution in [0, 0.1) is 0 Å². The predicted molar refractivity (Wildman–Crippen MR) is 85.2 cm³/mol. The van der Waals surface area contributed by atoms with E-state index in [-0.39, 0.29) is 17.2 Å². The van der Waals surface area contributed by atoms with Crippen LogP contribution in [0.3, 0.4) is 0 Å². The largest absolute Gasteiger partial charge is 0.304 e. The minimum atomic E-state index is -0.136. The Morgan fingerprint density at radius 3 is 2.67 bits per heavy atom. The van der Waals surface area contributed by atoms with Crippen LogP contribution < -0.4 is 5.32 Å². The summed E-state index contributed by atoms with van der Waals surface area (Å²) in [6.07, 6.45) is 3.69. The van der Waals surface area contributed by atoms with E-state index >= 15 is 0 Å². The molecule has 0 saturated carbocycles. The van der Waals surface area contributed by atoms with Crippen LogP contribution in [-0.4, -0.2) is 21.8 Å². The molecule has 0 aliphatic carbocycles. The topological polar surface area (TPSA) is 54.9 Å². The molecule has 0 aliphatic heterocycles. The minimum absolute atomic E-state index is 0.0323. The van der Waals surface area contributed by atoms with Crippen LogP contribution in [-0.2, 0) is 16.8 Å². The van der Waals surface area contributed by atoms with Crippen LogP contribution in [0.25, 0.3) is 10.9 Å². The van der Waals surface area contributed by atoms with E-state index < -0.39 is 0 Å². The fourth-order valence-electron chi connectivity index (χ4n) is 2.17. The molecule has 0 amide bonds. The van der Waals surface area contributed by atoms with Crippen molar-refractivity contribution in [2.45, 2.75) is 52.6 Å². The second-order valence-corrected chi connectivity index (χ2v) is 6.54. The van der Waals surface area contributed by atoms with Crippen molar-refractivity contribution in [3.63, 3.8) is 0 Å². The molecule has 0 aliphatic rings. The number of rotatable bonds is 4. The molecule has 0 spiro atoms. The van der Waals surface area contributed by atoms with Crippen LogP contribution in [0.2, 0.25) is 0 Å². The van der Waals surface area contributed by atoms with Gasteiger partial charge in [0.25, 0.3) is 0 Å². The Morgan fingerprint density at radius 1 is 1.33 bits per heavy atom. The number of pyridine rings is 2. The molecule has 112 valence electrons. The van der Waals surface area contributed by atoms with Gasteiger partial charge < -0.3 is 5.32 Å². The van der Waals surface area contributed by atoms with E-state index in [4.69, 9.17) is 0 Å². The lowest BCUT2D eigenvalue weighted by atomic mass is 9.90. The Labute approximate surface area is 126 Å². The lowest BCUT2D eigenvalue weighted by molar-refractivity contribution is -0.118. The maximum atomic E-state index is 11.2. The molecule has 0 bridgehead atoms. The highest BCUT2D eigenvalue weighted by molar-refractivity contribution is 5.82. The number of carbonyl (C=O) groups excluding carboxylic acids is 1. The molecule has 2 aromatic rings. The number of aromatic nitrogens is 2. The maximum absolute atomic E-state index is 11.2. The van der Waals surface area contributed by atoms with Gasteiger partial charge in [0.2, 0.25) is 0 Å². The smallest absolute Gasteiger partial charge is 0.146 e. The molecule has 2 rings (SSSR count). The van der Waals surface area contributed by atoms with Crippen LogP contribution in [0.1, 0.15) is 45.9 Å². The van der Waals surface area contributed by atoms with Gasteiger partial charge in [0.05, 0.1) is 17.3 Å². The van der Waals surface area contributed by atoms with Gasteiger partial charge in [-0.05, 0) is 31.5 Å². The summed E-state index contributed by atoms with van der Waals surface area (Å²) in [4.78, 5) is 20.3. The van der Waals surface area contributed by atoms with Crippen molar-refractivity contribution in [1.29, 1.82) is 0 Å². The van der Waals surface area contributed by atoms with Crippen molar-refractivity contribution < 1.29 is 4.79 Å². The van der Waals surface area contributed by atoms with Crippen LogP contribution in [0.5, 0.6) is 0 Å². The number of nitrogens with zero attached hydrogens (tertiary/aromatic N) is 2. The Hall–Kier alpha value is -1.81. The highest BCUT2D eigenvalue weighted by Gasteiger charge is 2.19. The van der Waals surface area contributed by atoms with Crippen molar-refractivity contribution in [2.24, 2.45) is 0 Å². The van der Waals surface area contributed by atoms with Gasteiger partial charge in [-0.1, -0.05) is 20.8 Å². The normalized spacial score (nSPS) is 13.4. The van der Waals surface area contributed by atoms with E-state index in [1.54, 1.807) is 6.92 Å². The Kier molecular flexibility index (Phi) is 4.37. The molecule has 21 heavy (non-hydrogen) atoms. The number of ketones is 1. The van der Waals surface area contributed by atoms with E-state index in [9.17, 15) is 4.79 Å². The van der Waals surface area contributed by atoms with Gasteiger partial charge in [-0.2, -0.15) is 0 Å². The summed E-state index contributed by atoms with van der Waals surface area (Å²) >= 11 is 0. The van der Waals surface area contributed by atoms with Gasteiger partial charge in [-0.3, -0.25) is 14.8 Å². The number of Topliss-reactive ketones (excluding diaryl/α,β-unsaturated/α-hetero) is 1. The van der Waals surface area contributed by atoms with Gasteiger partial charge in [0.1, 0.15) is 5.78 Å². The fourth-order valence-corrected chi connectivity index (χ4v) is 2.17. The van der Waals surface area contributed by atoms with E-state index in [0.717, 1.165) is 22.2 Å². The molecule has 0 saturated heterocycles. The molecule has 4 nitrogen and oxygen atoms in total. The summed E-state index contributed by atoms with van der Waals surface area (Å²) < 4.78 is 0. The molecule has 0 fully saturated rings. The first-order valence-electron chi connectivity index (χ1n) is 7.27. The number of hydrogen-bond acceptors (Lipinski definition) is 4. The predicted octanol–water partition coefficient (Wildman–Crippen LogP) is 2.99. The summed E-state index contributed by atoms with van der Waals surface area (Å²) in [5.41, 5.74) is 3.00. The first kappa shape index (κ1) is 15.6. The average molecular weight is 285 g/mol. The zero-order chi connectivity index (χ0) is 15.6. The second kappa shape index (κ2) is 5.90. The standard InChI is InChI=1S/C17H23N3O/c1-11(12(2)21)19-9-13-8-14-6-7-18-16(17(3,4)5)15(14)20-10-13/h6-8,10-11,19H,9H2,1-5H3. The van der Waals surface area contributed by atoms with E-state index in [2.05, 4.69) is 42.1 Å². The van der Waals surface area contributed by atoms with Gasteiger partial charge in [0.15, 0.2) is 0 Å². The van der Waals surface area contributed by atoms with Gasteiger partial charge in [-0.25, -0.2) is 0 Å². The fraction of sp³-hybridized carbons (Fsp3) is 0.471. The zero-order valence-corrected chi connectivity index (χ0v) is 13.4. The molecular weight excluding hydrogens is 262 g/mol. The Morgan fingerprint density at radius 2 is 2.05 bits per heavy atom. The maximum Gasteiger partial charge on any atom is 0.146 e. The first-order chi connectivity index (χ1) is 9.79. The Balaban J connectivity index is 2.29. The quantitative estimate of drug-likeness (QED) is 0.938. The van der Waals surface area contributed by atoms with E-state index in [0.29, 0.717) is 6.54 Å². The van der Waals surface area contributed by atoms with E-state index in [1.165, 1.54) is 0 Å². The highest BCUT2D eigenvalue weighted by atomic mass is 16.1. The molecule has 0 radical (unpaired) electrons. The lowest BCUT2D eigenvalue weighted by Gasteiger charge is -2.19. The molecule has 1 atom stereocenters. The number of hydrogen-bond donors (Lipinski definition) is 1. The first-order valence-corrected chi connectivity index (χ1v) is 7.27. The number of nitrogens with one attached hydrogen (secondary N) is 1. The molecular formula is C17H23N3O. The van der Waals surface area contributed by atoms with Crippen LogP contribution >= 0.6 is 0 Å². The molecule has 0 aromatic carbocycles. The molecule has 1 N–H and O–H groups in total. The third kappa shape index (κ3) is 3.64. The van der Waals surface area contributed by atoms with Gasteiger partial charge in [-0.15, -0.1) is 0 Å². The molecule has 1 unspecified atom stereocenters. The summed E-state index contributed by atoms with van der Waals surface area (Å²) in [5.74, 6) is 0.142. The summed E-state index contributed by atoms with van der Waals surface area (Å²) in [7, 11) is 0. The summed E-state index contributed by atoms with van der Waals surface area (Å²) in [6, 6.07) is 3.96. The number of carbonyl (C=O) groups is 1. The van der Waals surface area contributed by atoms with Crippen molar-refractivity contribution in [1.82, 2.24) is 15.3 Å². The van der Waals surface area contributed by atoms with Crippen molar-refractivity contribution in [3.8, 4) is 0 Å². The summed E-state index contributed by atoms with van der Waals surface area (Å²) in [6.45, 7) is 10.5.